The van der Waals surface area contributed by atoms with E-state index in [1.807, 2.05) is 0 Å². The molecule has 0 aliphatic heterocycles. The zero-order chi connectivity index (χ0) is 18.0. The Bertz CT molecular complexity index is 1120. The van der Waals surface area contributed by atoms with Crippen LogP contribution in [0.1, 0.15) is 0 Å². The molecule has 0 spiro atoms. The Hall–Kier alpha value is -3.04. The first-order chi connectivity index (χ1) is 11.8. The Morgan fingerprint density at radius 2 is 1.92 bits per heavy atom. The third-order valence-electron chi connectivity index (χ3n) is 3.50. The fourth-order valence-electron chi connectivity index (χ4n) is 2.37. The minimum absolute atomic E-state index is 0.0998. The van der Waals surface area contributed by atoms with Gasteiger partial charge in [-0.05, 0) is 30.3 Å². The van der Waals surface area contributed by atoms with Gasteiger partial charge in [-0.1, -0.05) is 18.2 Å². The molecule has 0 aliphatic rings. The number of benzene rings is 2. The van der Waals surface area contributed by atoms with Crippen LogP contribution < -0.4 is 15.9 Å². The predicted octanol–water partition coefficient (Wildman–Crippen LogP) is 0.683. The second kappa shape index (κ2) is 6.46. The van der Waals surface area contributed by atoms with Gasteiger partial charge in [0, 0.05) is 11.1 Å². The zero-order valence-electron chi connectivity index (χ0n) is 12.9. The number of carbonyl (C=O) groups is 1. The van der Waals surface area contributed by atoms with Gasteiger partial charge >= 0.3 is 0 Å². The van der Waals surface area contributed by atoms with Crippen LogP contribution in [0.2, 0.25) is 0 Å². The van der Waals surface area contributed by atoms with Crippen molar-refractivity contribution in [1.29, 1.82) is 0 Å². The standard InChI is InChI=1S/C16H14N4O4S/c17-25(23,24)12-5-3-4-11(8-12)19-16(22)10-20-14-7-2-1-6-13(14)15(21)9-18-20/h1-9H,10H2,(H,19,22)(H2,17,23,24). The third-order valence-corrected chi connectivity index (χ3v) is 4.41. The van der Waals surface area contributed by atoms with Crippen LogP contribution in [0.15, 0.2) is 64.4 Å². The summed E-state index contributed by atoms with van der Waals surface area (Å²) in [6.45, 7) is -0.138. The lowest BCUT2D eigenvalue weighted by molar-refractivity contribution is -0.116. The summed E-state index contributed by atoms with van der Waals surface area (Å²) in [4.78, 5) is 23.9. The van der Waals surface area contributed by atoms with Crippen LogP contribution >= 0.6 is 0 Å². The lowest BCUT2D eigenvalue weighted by Crippen LogP contribution is -2.22. The van der Waals surface area contributed by atoms with Gasteiger partial charge in [-0.15, -0.1) is 0 Å². The van der Waals surface area contributed by atoms with E-state index in [2.05, 4.69) is 10.4 Å². The van der Waals surface area contributed by atoms with E-state index in [0.29, 0.717) is 16.6 Å². The highest BCUT2D eigenvalue weighted by Crippen LogP contribution is 2.14. The van der Waals surface area contributed by atoms with E-state index in [-0.39, 0.29) is 16.9 Å². The molecular formula is C16H14N4O4S. The van der Waals surface area contributed by atoms with Gasteiger partial charge in [-0.3, -0.25) is 14.3 Å². The van der Waals surface area contributed by atoms with E-state index in [1.54, 1.807) is 30.3 Å². The summed E-state index contributed by atoms with van der Waals surface area (Å²) in [5.74, 6) is -0.423. The first-order valence-corrected chi connectivity index (χ1v) is 8.77. The number of anilines is 1. The molecule has 0 saturated heterocycles. The van der Waals surface area contributed by atoms with Gasteiger partial charge in [-0.25, -0.2) is 13.6 Å². The summed E-state index contributed by atoms with van der Waals surface area (Å²) in [7, 11) is -3.86. The van der Waals surface area contributed by atoms with Crippen LogP contribution in [0.4, 0.5) is 5.69 Å². The molecule has 1 aromatic heterocycles. The molecule has 3 N–H and O–H groups in total. The number of nitrogens with one attached hydrogen (secondary N) is 1. The summed E-state index contributed by atoms with van der Waals surface area (Å²) >= 11 is 0. The molecule has 9 heteroatoms. The SMILES string of the molecule is NS(=O)(=O)c1cccc(NC(=O)Cn2ncc(=O)c3ccccc32)c1. The molecule has 2 aromatic carbocycles. The summed E-state index contributed by atoms with van der Waals surface area (Å²) in [6.07, 6.45) is 1.15. The zero-order valence-corrected chi connectivity index (χ0v) is 13.7. The quantitative estimate of drug-likeness (QED) is 0.710. The van der Waals surface area contributed by atoms with E-state index < -0.39 is 15.9 Å². The fraction of sp³-hybridized carbons (Fsp3) is 0.0625. The molecule has 0 fully saturated rings. The van der Waals surface area contributed by atoms with Crippen molar-refractivity contribution in [2.45, 2.75) is 11.4 Å². The monoisotopic (exact) mass is 358 g/mol. The Balaban J connectivity index is 1.85. The van der Waals surface area contributed by atoms with Crippen molar-refractivity contribution in [3.05, 3.63) is 65.0 Å². The number of aromatic nitrogens is 2. The number of hydrogen-bond acceptors (Lipinski definition) is 5. The predicted molar refractivity (Wildman–Crippen MR) is 92.4 cm³/mol. The molecule has 128 valence electrons. The Morgan fingerprint density at radius 1 is 1.16 bits per heavy atom. The van der Waals surface area contributed by atoms with E-state index in [0.717, 1.165) is 6.20 Å². The number of nitrogens with zero attached hydrogens (tertiary/aromatic N) is 2. The molecule has 1 amide bonds. The second-order valence-corrected chi connectivity index (χ2v) is 6.87. The number of nitrogens with two attached hydrogens (primary N) is 1. The van der Waals surface area contributed by atoms with Crippen LogP contribution in [-0.2, 0) is 21.4 Å². The minimum Gasteiger partial charge on any atom is -0.324 e. The van der Waals surface area contributed by atoms with Gasteiger partial charge in [0.15, 0.2) is 0 Å². The molecule has 0 aliphatic carbocycles. The first-order valence-electron chi connectivity index (χ1n) is 7.22. The Morgan fingerprint density at radius 3 is 2.68 bits per heavy atom. The van der Waals surface area contributed by atoms with Crippen molar-refractivity contribution in [3.8, 4) is 0 Å². The Labute approximate surface area is 142 Å². The molecular weight excluding hydrogens is 344 g/mol. The average Bonchev–Trinajstić information content (AvgIpc) is 2.57. The number of sulfonamides is 1. The van der Waals surface area contributed by atoms with E-state index >= 15 is 0 Å². The summed E-state index contributed by atoms with van der Waals surface area (Å²) in [5.41, 5.74) is 0.596. The number of para-hydroxylation sites is 1. The lowest BCUT2D eigenvalue weighted by atomic mass is 10.2. The maximum atomic E-state index is 12.2. The normalized spacial score (nSPS) is 11.4. The lowest BCUT2D eigenvalue weighted by Gasteiger charge is -2.10. The maximum absolute atomic E-state index is 12.2. The van der Waals surface area contributed by atoms with Crippen molar-refractivity contribution < 1.29 is 13.2 Å². The van der Waals surface area contributed by atoms with E-state index in [9.17, 15) is 18.0 Å². The van der Waals surface area contributed by atoms with Crippen LogP contribution in [0.5, 0.6) is 0 Å². The average molecular weight is 358 g/mol. The van der Waals surface area contributed by atoms with Crippen molar-refractivity contribution in [2.24, 2.45) is 5.14 Å². The number of hydrogen-bond donors (Lipinski definition) is 2. The minimum atomic E-state index is -3.86. The smallest absolute Gasteiger partial charge is 0.246 e. The van der Waals surface area contributed by atoms with Gasteiger partial charge in [0.25, 0.3) is 0 Å². The number of fused-ring (bicyclic) bond motifs is 1. The highest BCUT2D eigenvalue weighted by Gasteiger charge is 2.11. The summed E-state index contributed by atoms with van der Waals surface area (Å²) in [5, 5.41) is 12.1. The van der Waals surface area contributed by atoms with Gasteiger partial charge < -0.3 is 5.32 Å². The van der Waals surface area contributed by atoms with Gasteiger partial charge in [0.1, 0.15) is 6.54 Å². The molecule has 0 saturated carbocycles. The molecule has 0 radical (unpaired) electrons. The molecule has 0 unspecified atom stereocenters. The van der Waals surface area contributed by atoms with E-state index in [1.165, 1.54) is 22.9 Å². The van der Waals surface area contributed by atoms with E-state index in [4.69, 9.17) is 5.14 Å². The molecule has 0 bridgehead atoms. The van der Waals surface area contributed by atoms with Crippen LogP contribution in [0, 0.1) is 0 Å². The fourth-order valence-corrected chi connectivity index (χ4v) is 2.93. The largest absolute Gasteiger partial charge is 0.324 e. The summed E-state index contributed by atoms with van der Waals surface area (Å²) < 4.78 is 24.1. The van der Waals surface area contributed by atoms with Crippen LogP contribution in [-0.4, -0.2) is 24.1 Å². The van der Waals surface area contributed by atoms with Crippen LogP contribution in [0.25, 0.3) is 10.9 Å². The third kappa shape index (κ3) is 3.73. The number of rotatable bonds is 4. The van der Waals surface area contributed by atoms with Gasteiger partial charge in [0.2, 0.25) is 21.4 Å². The topological polar surface area (TPSA) is 124 Å². The number of amides is 1. The molecule has 3 aromatic rings. The van der Waals surface area contributed by atoms with Crippen molar-refractivity contribution in [3.63, 3.8) is 0 Å². The Kier molecular flexibility index (Phi) is 4.34. The highest BCUT2D eigenvalue weighted by molar-refractivity contribution is 7.89. The molecule has 8 nitrogen and oxygen atoms in total. The number of primary sulfonamides is 1. The second-order valence-electron chi connectivity index (χ2n) is 5.30. The highest BCUT2D eigenvalue weighted by atomic mass is 32.2. The van der Waals surface area contributed by atoms with Gasteiger partial charge in [-0.2, -0.15) is 5.10 Å². The van der Waals surface area contributed by atoms with Crippen molar-refractivity contribution >= 4 is 32.5 Å². The van der Waals surface area contributed by atoms with Crippen molar-refractivity contribution in [1.82, 2.24) is 9.78 Å². The molecule has 0 atom stereocenters. The number of carbonyl (C=O) groups excluding carboxylic acids is 1. The summed E-state index contributed by atoms with van der Waals surface area (Å²) in [6, 6.07) is 12.4. The van der Waals surface area contributed by atoms with Crippen LogP contribution in [0.3, 0.4) is 0 Å². The van der Waals surface area contributed by atoms with Gasteiger partial charge in [0.05, 0.1) is 16.6 Å². The maximum Gasteiger partial charge on any atom is 0.246 e. The van der Waals surface area contributed by atoms with Crippen molar-refractivity contribution in [2.75, 3.05) is 5.32 Å². The molecule has 1 heterocycles. The molecule has 3 rings (SSSR count). The first kappa shape index (κ1) is 16.8. The molecule has 25 heavy (non-hydrogen) atoms.